The van der Waals surface area contributed by atoms with E-state index in [2.05, 4.69) is 9.97 Å². The standard InChI is InChI=1S/C19H18ClN3OS/c1-3-23(19(24)17-12-25-13(2)22-17)18(16-6-4-5-11-21-16)14-7-9-15(20)10-8-14/h4-12,18H,3H2,1-2H3. The fraction of sp³-hybridized carbons (Fsp3) is 0.211. The van der Waals surface area contributed by atoms with Crippen LogP contribution in [0, 0.1) is 6.92 Å². The van der Waals surface area contributed by atoms with Gasteiger partial charge in [0.2, 0.25) is 0 Å². The van der Waals surface area contributed by atoms with Gasteiger partial charge >= 0.3 is 0 Å². The number of aromatic nitrogens is 2. The molecule has 0 fully saturated rings. The number of hydrogen-bond donors (Lipinski definition) is 0. The summed E-state index contributed by atoms with van der Waals surface area (Å²) in [5.74, 6) is -0.0996. The lowest BCUT2D eigenvalue weighted by molar-refractivity contribution is 0.0709. The van der Waals surface area contributed by atoms with Crippen LogP contribution in [0.1, 0.15) is 39.7 Å². The maximum atomic E-state index is 13.1. The summed E-state index contributed by atoms with van der Waals surface area (Å²) in [4.78, 5) is 23.7. The number of thiazole rings is 1. The topological polar surface area (TPSA) is 46.1 Å². The molecule has 0 N–H and O–H groups in total. The van der Waals surface area contributed by atoms with Crippen molar-refractivity contribution in [1.29, 1.82) is 0 Å². The predicted molar refractivity (Wildman–Crippen MR) is 101 cm³/mol. The van der Waals surface area contributed by atoms with E-state index in [1.165, 1.54) is 11.3 Å². The minimum Gasteiger partial charge on any atom is -0.325 e. The number of carbonyl (C=O) groups is 1. The zero-order chi connectivity index (χ0) is 17.8. The number of hydrogen-bond acceptors (Lipinski definition) is 4. The van der Waals surface area contributed by atoms with Crippen LogP contribution in [0.5, 0.6) is 0 Å². The number of amides is 1. The normalized spacial score (nSPS) is 12.0. The van der Waals surface area contributed by atoms with Crippen molar-refractivity contribution in [1.82, 2.24) is 14.9 Å². The number of aryl methyl sites for hydroxylation is 1. The minimum atomic E-state index is -0.294. The number of benzene rings is 1. The maximum Gasteiger partial charge on any atom is 0.274 e. The van der Waals surface area contributed by atoms with Crippen LogP contribution in [0.25, 0.3) is 0 Å². The first-order chi connectivity index (χ1) is 12.1. The molecule has 0 aliphatic carbocycles. The number of pyridine rings is 1. The summed E-state index contributed by atoms with van der Waals surface area (Å²) in [6.45, 7) is 4.40. The molecule has 0 saturated heterocycles. The third-order valence-electron chi connectivity index (χ3n) is 3.91. The molecule has 0 bridgehead atoms. The molecular weight excluding hydrogens is 354 g/mol. The van der Waals surface area contributed by atoms with Crippen molar-refractivity contribution in [3.05, 3.63) is 81.0 Å². The molecule has 2 heterocycles. The average molecular weight is 372 g/mol. The Labute approximate surface area is 156 Å². The summed E-state index contributed by atoms with van der Waals surface area (Å²) in [6, 6.07) is 13.0. The Hall–Kier alpha value is -2.24. The molecule has 1 aromatic carbocycles. The Balaban J connectivity index is 2.05. The smallest absolute Gasteiger partial charge is 0.274 e. The first kappa shape index (κ1) is 17.6. The fourth-order valence-electron chi connectivity index (χ4n) is 2.75. The molecule has 25 heavy (non-hydrogen) atoms. The van der Waals surface area contributed by atoms with Crippen LogP contribution in [0.4, 0.5) is 0 Å². The van der Waals surface area contributed by atoms with Gasteiger partial charge in [-0.1, -0.05) is 29.8 Å². The lowest BCUT2D eigenvalue weighted by Crippen LogP contribution is -2.36. The molecule has 1 amide bonds. The van der Waals surface area contributed by atoms with Crippen LogP contribution in [0.2, 0.25) is 5.02 Å². The van der Waals surface area contributed by atoms with Crippen LogP contribution in [-0.2, 0) is 0 Å². The van der Waals surface area contributed by atoms with E-state index >= 15 is 0 Å². The molecule has 0 saturated carbocycles. The predicted octanol–water partition coefficient (Wildman–Crippen LogP) is 4.75. The van der Waals surface area contributed by atoms with Crippen molar-refractivity contribution >= 4 is 28.8 Å². The zero-order valence-electron chi connectivity index (χ0n) is 14.0. The molecular formula is C19H18ClN3OS. The molecule has 0 aliphatic heterocycles. The average Bonchev–Trinajstić information content (AvgIpc) is 3.07. The second-order valence-electron chi connectivity index (χ2n) is 5.55. The number of rotatable bonds is 5. The van der Waals surface area contributed by atoms with E-state index in [0.717, 1.165) is 16.3 Å². The Morgan fingerprint density at radius 1 is 1.24 bits per heavy atom. The molecule has 0 radical (unpaired) electrons. The summed E-state index contributed by atoms with van der Waals surface area (Å²) < 4.78 is 0. The first-order valence-electron chi connectivity index (χ1n) is 7.99. The Morgan fingerprint density at radius 2 is 2.00 bits per heavy atom. The SMILES string of the molecule is CCN(C(=O)c1csc(C)n1)C(c1ccc(Cl)cc1)c1ccccn1. The second-order valence-corrected chi connectivity index (χ2v) is 7.05. The van der Waals surface area contributed by atoms with E-state index in [9.17, 15) is 4.79 Å². The van der Waals surface area contributed by atoms with Gasteiger partial charge in [0.25, 0.3) is 5.91 Å². The van der Waals surface area contributed by atoms with Gasteiger partial charge in [-0.2, -0.15) is 0 Å². The molecule has 0 aliphatic rings. The van der Waals surface area contributed by atoms with Crippen molar-refractivity contribution in [2.45, 2.75) is 19.9 Å². The van der Waals surface area contributed by atoms with E-state index < -0.39 is 0 Å². The third-order valence-corrected chi connectivity index (χ3v) is 4.93. The molecule has 4 nitrogen and oxygen atoms in total. The molecule has 1 unspecified atom stereocenters. The lowest BCUT2D eigenvalue weighted by Gasteiger charge is -2.30. The molecule has 6 heteroatoms. The summed E-state index contributed by atoms with van der Waals surface area (Å²) in [7, 11) is 0. The molecule has 0 spiro atoms. The van der Waals surface area contributed by atoms with Crippen molar-refractivity contribution in [3.63, 3.8) is 0 Å². The van der Waals surface area contributed by atoms with Gasteiger partial charge in [-0.25, -0.2) is 4.98 Å². The van der Waals surface area contributed by atoms with Crippen LogP contribution < -0.4 is 0 Å². The maximum absolute atomic E-state index is 13.1. The van der Waals surface area contributed by atoms with Gasteiger partial charge < -0.3 is 4.90 Å². The quantitative estimate of drug-likeness (QED) is 0.650. The highest BCUT2D eigenvalue weighted by atomic mass is 35.5. The summed E-state index contributed by atoms with van der Waals surface area (Å²) in [6.07, 6.45) is 1.74. The Morgan fingerprint density at radius 3 is 2.56 bits per heavy atom. The zero-order valence-corrected chi connectivity index (χ0v) is 15.6. The van der Waals surface area contributed by atoms with E-state index in [4.69, 9.17) is 11.6 Å². The highest BCUT2D eigenvalue weighted by Gasteiger charge is 2.28. The summed E-state index contributed by atoms with van der Waals surface area (Å²) >= 11 is 7.51. The van der Waals surface area contributed by atoms with E-state index in [1.807, 2.05) is 56.3 Å². The number of halogens is 1. The van der Waals surface area contributed by atoms with Crippen molar-refractivity contribution < 1.29 is 4.79 Å². The van der Waals surface area contributed by atoms with Gasteiger partial charge in [0.15, 0.2) is 0 Å². The van der Waals surface area contributed by atoms with E-state index in [-0.39, 0.29) is 11.9 Å². The monoisotopic (exact) mass is 371 g/mol. The first-order valence-corrected chi connectivity index (χ1v) is 9.25. The molecule has 128 valence electrons. The van der Waals surface area contributed by atoms with E-state index in [0.29, 0.717) is 17.3 Å². The van der Waals surface area contributed by atoms with Crippen molar-refractivity contribution in [3.8, 4) is 0 Å². The lowest BCUT2D eigenvalue weighted by atomic mass is 10.0. The van der Waals surface area contributed by atoms with Crippen molar-refractivity contribution in [2.75, 3.05) is 6.54 Å². The number of nitrogens with zero attached hydrogens (tertiary/aromatic N) is 3. The molecule has 3 rings (SSSR count). The highest BCUT2D eigenvalue weighted by molar-refractivity contribution is 7.09. The van der Waals surface area contributed by atoms with Gasteiger partial charge in [-0.3, -0.25) is 9.78 Å². The largest absolute Gasteiger partial charge is 0.325 e. The molecule has 2 aromatic heterocycles. The Kier molecular flexibility index (Phi) is 5.46. The van der Waals surface area contributed by atoms with Crippen LogP contribution in [0.3, 0.4) is 0 Å². The van der Waals surface area contributed by atoms with Crippen LogP contribution >= 0.6 is 22.9 Å². The number of carbonyl (C=O) groups excluding carboxylic acids is 1. The molecule has 1 atom stereocenters. The van der Waals surface area contributed by atoms with Gasteiger partial charge in [0.05, 0.1) is 16.7 Å². The third kappa shape index (κ3) is 3.89. The van der Waals surface area contributed by atoms with Gasteiger partial charge in [0, 0.05) is 23.1 Å². The molecule has 3 aromatic rings. The van der Waals surface area contributed by atoms with Gasteiger partial charge in [-0.15, -0.1) is 11.3 Å². The fourth-order valence-corrected chi connectivity index (χ4v) is 3.46. The van der Waals surface area contributed by atoms with Gasteiger partial charge in [-0.05, 0) is 43.7 Å². The second kappa shape index (κ2) is 7.76. The van der Waals surface area contributed by atoms with Gasteiger partial charge in [0.1, 0.15) is 5.69 Å². The summed E-state index contributed by atoms with van der Waals surface area (Å²) in [5, 5.41) is 3.34. The van der Waals surface area contributed by atoms with Crippen LogP contribution in [0.15, 0.2) is 54.0 Å². The minimum absolute atomic E-state index is 0.0996. The van der Waals surface area contributed by atoms with Crippen molar-refractivity contribution in [2.24, 2.45) is 0 Å². The van der Waals surface area contributed by atoms with E-state index in [1.54, 1.807) is 16.5 Å². The van der Waals surface area contributed by atoms with Crippen LogP contribution in [-0.4, -0.2) is 27.3 Å². The highest BCUT2D eigenvalue weighted by Crippen LogP contribution is 2.29. The summed E-state index contributed by atoms with van der Waals surface area (Å²) in [5.41, 5.74) is 2.25. The Bertz CT molecular complexity index is 849.